The molecule has 1 aromatic carbocycles. The number of carbonyl (C=O) groups is 2. The molecule has 0 bridgehead atoms. The fraction of sp³-hybridized carbons (Fsp3) is 0.200. The highest BCUT2D eigenvalue weighted by atomic mass is 32.2. The van der Waals surface area contributed by atoms with Crippen LogP contribution >= 0.6 is 0 Å². The fourth-order valence-electron chi connectivity index (χ4n) is 1.74. The van der Waals surface area contributed by atoms with Gasteiger partial charge < -0.3 is 5.11 Å². The summed E-state index contributed by atoms with van der Waals surface area (Å²) in [4.78, 5) is 31.7. The molecule has 10 nitrogen and oxygen atoms in total. The molecule has 0 saturated carbocycles. The number of hydrogen-bond donors (Lipinski definition) is 2. The van der Waals surface area contributed by atoms with Gasteiger partial charge in [0, 0.05) is 6.07 Å². The van der Waals surface area contributed by atoms with Gasteiger partial charge in [-0.15, -0.1) is 0 Å². The van der Waals surface area contributed by atoms with Gasteiger partial charge in [0.2, 0.25) is 21.8 Å². The first-order valence-electron chi connectivity index (χ1n) is 5.52. The van der Waals surface area contributed by atoms with Gasteiger partial charge in [-0.05, 0) is 12.1 Å². The van der Waals surface area contributed by atoms with Crippen LogP contribution in [0.3, 0.4) is 0 Å². The van der Waals surface area contributed by atoms with Crippen LogP contribution in [0.4, 0.5) is 5.69 Å². The Kier molecular flexibility index (Phi) is 3.61. The molecule has 112 valence electrons. The number of imide groups is 1. The second-order valence-corrected chi connectivity index (χ2v) is 6.09. The first-order valence-corrected chi connectivity index (χ1v) is 6.96. The molecule has 1 aliphatic heterocycles. The van der Waals surface area contributed by atoms with Crippen LogP contribution < -0.4 is 5.32 Å². The number of phenols is 1. The highest BCUT2D eigenvalue weighted by molar-refractivity contribution is 7.89. The van der Waals surface area contributed by atoms with Crippen LogP contribution in [-0.2, 0) is 19.6 Å². The lowest BCUT2D eigenvalue weighted by Crippen LogP contribution is -2.53. The smallest absolute Gasteiger partial charge is 0.312 e. The Bertz CT molecular complexity index is 727. The topological polar surface area (TPSA) is 147 Å². The maximum Gasteiger partial charge on any atom is 0.312 e. The van der Waals surface area contributed by atoms with Crippen molar-refractivity contribution in [2.24, 2.45) is 0 Å². The molecule has 11 heteroatoms. The average Bonchev–Trinajstić information content (AvgIpc) is 2.37. The second-order valence-electron chi connectivity index (χ2n) is 4.15. The Morgan fingerprint density at radius 1 is 1.24 bits per heavy atom. The maximum atomic E-state index is 12.3. The van der Waals surface area contributed by atoms with Gasteiger partial charge in [0.25, 0.3) is 0 Å². The van der Waals surface area contributed by atoms with Crippen molar-refractivity contribution >= 4 is 27.5 Å². The van der Waals surface area contributed by atoms with E-state index in [0.717, 1.165) is 12.1 Å². The number of aromatic hydroxyl groups is 1. The van der Waals surface area contributed by atoms with E-state index in [0.29, 0.717) is 10.4 Å². The van der Waals surface area contributed by atoms with Crippen LogP contribution in [0.15, 0.2) is 23.1 Å². The minimum atomic E-state index is -4.26. The quantitative estimate of drug-likeness (QED) is 0.411. The normalized spacial score (nSPS) is 16.6. The van der Waals surface area contributed by atoms with E-state index in [2.05, 4.69) is 0 Å². The van der Waals surface area contributed by atoms with Crippen molar-refractivity contribution in [3.8, 4) is 5.75 Å². The van der Waals surface area contributed by atoms with Gasteiger partial charge in [-0.2, -0.15) is 4.31 Å². The van der Waals surface area contributed by atoms with E-state index < -0.39 is 56.2 Å². The van der Waals surface area contributed by atoms with Crippen molar-refractivity contribution in [3.05, 3.63) is 28.3 Å². The number of sulfonamides is 1. The zero-order chi connectivity index (χ0) is 15.8. The Labute approximate surface area is 118 Å². The number of amides is 2. The van der Waals surface area contributed by atoms with Crippen molar-refractivity contribution in [1.29, 1.82) is 0 Å². The van der Waals surface area contributed by atoms with E-state index in [-0.39, 0.29) is 0 Å². The maximum absolute atomic E-state index is 12.3. The summed E-state index contributed by atoms with van der Waals surface area (Å²) in [5.41, 5.74) is -0.788. The molecule has 1 saturated heterocycles. The number of piperazine rings is 1. The lowest BCUT2D eigenvalue weighted by Gasteiger charge is -2.24. The van der Waals surface area contributed by atoms with Crippen LogP contribution in [0.25, 0.3) is 0 Å². The van der Waals surface area contributed by atoms with Gasteiger partial charge in [0.1, 0.15) is 0 Å². The van der Waals surface area contributed by atoms with Gasteiger partial charge in [-0.1, -0.05) is 0 Å². The molecule has 21 heavy (non-hydrogen) atoms. The van der Waals surface area contributed by atoms with Crippen LogP contribution in [0, 0.1) is 10.1 Å². The molecule has 1 heterocycles. The molecule has 0 radical (unpaired) electrons. The Balaban J connectivity index is 2.44. The Hall–Kier alpha value is -2.53. The predicted molar refractivity (Wildman–Crippen MR) is 66.7 cm³/mol. The summed E-state index contributed by atoms with van der Waals surface area (Å²) in [6, 6.07) is 2.48. The van der Waals surface area contributed by atoms with Crippen molar-refractivity contribution < 1.29 is 28.0 Å². The first kappa shape index (κ1) is 14.9. The Morgan fingerprint density at radius 3 is 2.33 bits per heavy atom. The molecular weight excluding hydrogens is 306 g/mol. The van der Waals surface area contributed by atoms with Crippen molar-refractivity contribution in [1.82, 2.24) is 9.62 Å². The highest BCUT2D eigenvalue weighted by Crippen LogP contribution is 2.29. The molecule has 2 rings (SSSR count). The first-order chi connectivity index (χ1) is 9.71. The number of rotatable bonds is 3. The summed E-state index contributed by atoms with van der Waals surface area (Å²) < 4.78 is 25.1. The zero-order valence-electron chi connectivity index (χ0n) is 10.3. The molecule has 0 unspecified atom stereocenters. The number of phenolic OH excluding ortho intramolecular Hbond substituents is 1. The van der Waals surface area contributed by atoms with E-state index in [1.54, 1.807) is 0 Å². The summed E-state index contributed by atoms with van der Waals surface area (Å²) in [7, 11) is -4.26. The second kappa shape index (κ2) is 5.10. The summed E-state index contributed by atoms with van der Waals surface area (Å²) in [5, 5.41) is 21.9. The monoisotopic (exact) mass is 315 g/mol. The van der Waals surface area contributed by atoms with Gasteiger partial charge in [0.05, 0.1) is 22.9 Å². The number of nitro benzene ring substituents is 1. The molecule has 2 amide bonds. The molecular formula is C10H9N3O7S. The highest BCUT2D eigenvalue weighted by Gasteiger charge is 2.34. The van der Waals surface area contributed by atoms with E-state index in [4.69, 9.17) is 0 Å². The average molecular weight is 315 g/mol. The van der Waals surface area contributed by atoms with Gasteiger partial charge in [-0.3, -0.25) is 25.0 Å². The SMILES string of the molecule is O=C1CN(S(=O)(=O)c2ccc(O)c([N+](=O)[O-])c2)CC(=O)N1. The molecule has 1 fully saturated rings. The molecule has 2 N–H and O–H groups in total. The van der Waals surface area contributed by atoms with Gasteiger partial charge >= 0.3 is 5.69 Å². The van der Waals surface area contributed by atoms with Gasteiger partial charge in [-0.25, -0.2) is 8.42 Å². The van der Waals surface area contributed by atoms with E-state index >= 15 is 0 Å². The molecule has 0 spiro atoms. The molecule has 0 aliphatic carbocycles. The minimum absolute atomic E-state index is 0.491. The number of nitrogens with zero attached hydrogens (tertiary/aromatic N) is 2. The molecule has 0 aromatic heterocycles. The third kappa shape index (κ3) is 2.83. The predicted octanol–water partition coefficient (Wildman–Crippen LogP) is -1.05. The summed E-state index contributed by atoms with van der Waals surface area (Å²) >= 11 is 0. The lowest BCUT2D eigenvalue weighted by atomic mass is 10.3. The van der Waals surface area contributed by atoms with Gasteiger partial charge in [0.15, 0.2) is 5.75 Å². The summed E-state index contributed by atoms with van der Waals surface area (Å²) in [6.07, 6.45) is 0. The molecule has 1 aliphatic rings. The fourth-order valence-corrected chi connectivity index (χ4v) is 3.11. The summed E-state index contributed by atoms with van der Waals surface area (Å²) in [6.45, 7) is -1.13. The summed E-state index contributed by atoms with van der Waals surface area (Å²) in [5.74, 6) is -2.27. The number of carbonyl (C=O) groups excluding carboxylic acids is 2. The van der Waals surface area contributed by atoms with Crippen molar-refractivity contribution in [2.45, 2.75) is 4.90 Å². The third-order valence-electron chi connectivity index (χ3n) is 2.70. The largest absolute Gasteiger partial charge is 0.502 e. The van der Waals surface area contributed by atoms with Crippen molar-refractivity contribution in [3.63, 3.8) is 0 Å². The van der Waals surface area contributed by atoms with Crippen LogP contribution in [0.1, 0.15) is 0 Å². The van der Waals surface area contributed by atoms with Crippen LogP contribution in [0.5, 0.6) is 5.75 Å². The van der Waals surface area contributed by atoms with Crippen LogP contribution in [0.2, 0.25) is 0 Å². The zero-order valence-corrected chi connectivity index (χ0v) is 11.2. The van der Waals surface area contributed by atoms with E-state index in [1.807, 2.05) is 5.32 Å². The van der Waals surface area contributed by atoms with E-state index in [9.17, 15) is 33.2 Å². The van der Waals surface area contributed by atoms with E-state index in [1.165, 1.54) is 0 Å². The third-order valence-corrected chi connectivity index (χ3v) is 4.49. The lowest BCUT2D eigenvalue weighted by molar-refractivity contribution is -0.386. The number of benzene rings is 1. The molecule has 0 atom stereocenters. The van der Waals surface area contributed by atoms with Crippen molar-refractivity contribution in [2.75, 3.05) is 13.1 Å². The molecule has 1 aromatic rings. The van der Waals surface area contributed by atoms with Crippen LogP contribution in [-0.4, -0.2) is 47.7 Å². The number of hydrogen-bond acceptors (Lipinski definition) is 7. The minimum Gasteiger partial charge on any atom is -0.502 e. The number of nitro groups is 1. The standard InChI is InChI=1S/C10H9N3O7S/c14-8-2-1-6(3-7(8)13(17)18)21(19,20)12-4-9(15)11-10(16)5-12/h1-3,14H,4-5H2,(H,11,15,16). The Morgan fingerprint density at radius 2 is 1.81 bits per heavy atom. The number of nitrogens with one attached hydrogen (secondary N) is 1.